The van der Waals surface area contributed by atoms with Crippen LogP contribution in [0.15, 0.2) is 63.4 Å². The molecule has 0 saturated carbocycles. The second-order valence-electron chi connectivity index (χ2n) is 7.16. The van der Waals surface area contributed by atoms with Crippen LogP contribution in [-0.2, 0) is 0 Å². The number of hydrogen-bond acceptors (Lipinski definition) is 9. The second kappa shape index (κ2) is 13.6. The predicted octanol–water partition coefficient (Wildman–Crippen LogP) is 7.52. The summed E-state index contributed by atoms with van der Waals surface area (Å²) in [7, 11) is 0. The number of hydrogen-bond donors (Lipinski definition) is 1. The highest BCUT2D eigenvalue weighted by molar-refractivity contribution is 9.10. The Morgan fingerprint density at radius 1 is 1.12 bits per heavy atom. The fourth-order valence-corrected chi connectivity index (χ4v) is 3.04. The molecule has 204 valence electrons. The lowest BCUT2D eigenvalue weighted by atomic mass is 10.1. The van der Waals surface area contributed by atoms with E-state index in [0.717, 1.165) is 0 Å². The molecular formula is C29H24BrClN4O5. The molecule has 0 aliphatic heterocycles. The molecule has 4 rings (SSSR count). The summed E-state index contributed by atoms with van der Waals surface area (Å²) >= 11 is 9.23. The maximum Gasteiger partial charge on any atom is 0.335 e. The number of halogens is 2. The molecule has 0 amide bonds. The second-order valence-corrected chi connectivity index (χ2v) is 8.33. The highest BCUT2D eigenvalue weighted by atomic mass is 79.9. The van der Waals surface area contributed by atoms with Gasteiger partial charge in [0.25, 0.3) is 7.32 Å². The quantitative estimate of drug-likeness (QED) is 0.217. The number of carboxylic acid groups (broad SMARTS) is 1. The number of carboxylic acids is 1. The zero-order valence-electron chi connectivity index (χ0n) is 38.1. The van der Waals surface area contributed by atoms with Crippen molar-refractivity contribution in [3.05, 3.63) is 80.6 Å². The van der Waals surface area contributed by atoms with Gasteiger partial charge < -0.3 is 19.1 Å². The first-order valence-electron chi connectivity index (χ1n) is 19.3. The molecule has 0 aliphatic carbocycles. The number of ether oxygens (including phenoxy) is 2. The van der Waals surface area contributed by atoms with Gasteiger partial charge in [0, 0.05) is 23.8 Å². The van der Waals surface area contributed by atoms with Crippen molar-refractivity contribution in [2.75, 3.05) is 0 Å². The predicted molar refractivity (Wildman–Crippen MR) is 152 cm³/mol. The third-order valence-electron chi connectivity index (χ3n) is 4.13. The third-order valence-corrected chi connectivity index (χ3v) is 5.33. The van der Waals surface area contributed by atoms with Gasteiger partial charge in [-0.3, -0.25) is 0 Å². The molecule has 40 heavy (non-hydrogen) atoms. The Morgan fingerprint density at radius 3 is 2.45 bits per heavy atom. The van der Waals surface area contributed by atoms with Crippen LogP contribution < -0.4 is 9.47 Å². The Hall–Kier alpha value is -4.38. The molecule has 1 heterocycles. The number of rotatable bonds is 7. The molecule has 0 spiro atoms. The van der Waals surface area contributed by atoms with Gasteiger partial charge in [-0.25, -0.2) is 4.79 Å². The molecule has 0 unspecified atom stereocenters. The smallest absolute Gasteiger partial charge is 0.335 e. The van der Waals surface area contributed by atoms with Crippen molar-refractivity contribution in [2.24, 2.45) is 0 Å². The van der Waals surface area contributed by atoms with Crippen molar-refractivity contribution < 1.29 is 47.2 Å². The molecular weight excluding hydrogens is 600 g/mol. The molecule has 0 saturated heterocycles. The van der Waals surface area contributed by atoms with Crippen LogP contribution >= 0.6 is 27.5 Å². The number of aromatic nitrogens is 2. The number of carbonyl (C=O) groups is 1. The highest BCUT2D eigenvalue weighted by Crippen LogP contribution is 2.34. The Labute approximate surface area is 270 Å². The zero-order chi connectivity index (χ0) is 44.8. The lowest BCUT2D eigenvalue weighted by molar-refractivity contribution is 0.0696. The first-order valence-corrected chi connectivity index (χ1v) is 11.5. The van der Waals surface area contributed by atoms with Crippen molar-refractivity contribution in [3.63, 3.8) is 0 Å². The first kappa shape index (κ1) is 13.8. The van der Waals surface area contributed by atoms with E-state index in [1.165, 1.54) is 19.9 Å². The highest BCUT2D eigenvalue weighted by Gasteiger charge is 2.16. The Morgan fingerprint density at radius 2 is 1.80 bits per heavy atom. The number of nitriles is 2. The van der Waals surface area contributed by atoms with E-state index in [4.69, 9.17) is 55.6 Å². The van der Waals surface area contributed by atoms with Crippen LogP contribution in [0.25, 0.3) is 24.3 Å². The standard InChI is InChI=1S/C18H13BrClN3O2.C11H11NO3/c1-10(2)24-15-7-6-11(8-12(15)9-21)18-22-17(23-25-18)13-4-3-5-14(19)16(13)20;1-7(2)15-10-4-3-8(11(13)14)5-9(10)6-12/h3-8,10H,1-2H3;3-5,7H,1-2H3,(H,13,14)/i1D3,2D3,3D,4D,5D,6D,7D,8D,10D;3D,4D,5D,7D/hD. The van der Waals surface area contributed by atoms with Crippen molar-refractivity contribution >= 4 is 33.5 Å². The molecule has 1 N–H and O–H groups in total. The summed E-state index contributed by atoms with van der Waals surface area (Å²) in [5.74, 6) is -3.80. The van der Waals surface area contributed by atoms with Gasteiger partial charge >= 0.3 is 5.97 Å². The van der Waals surface area contributed by atoms with Crippen LogP contribution in [-0.4, -0.2) is 33.4 Å². The van der Waals surface area contributed by atoms with Gasteiger partial charge in [-0.15, -0.1) is 0 Å². The fraction of sp³-hybridized carbons (Fsp3) is 0.207. The zero-order valence-corrected chi connectivity index (χ0v) is 22.4. The monoisotopic (exact) mass is 640 g/mol. The van der Waals surface area contributed by atoms with Crippen LogP contribution in [0.5, 0.6) is 11.5 Å². The van der Waals surface area contributed by atoms with Crippen LogP contribution in [0.3, 0.4) is 0 Å². The minimum atomic E-state index is -3.65. The van der Waals surface area contributed by atoms with E-state index in [1.54, 1.807) is 6.07 Å². The van der Waals surface area contributed by atoms with Crippen molar-refractivity contribution in [3.8, 4) is 46.5 Å². The van der Waals surface area contributed by atoms with Gasteiger partial charge in [0.05, 0.1) is 49.0 Å². The molecule has 1 aromatic heterocycles. The molecule has 0 aliphatic rings. The largest absolute Gasteiger partial charge is 0.490 e. The van der Waals surface area contributed by atoms with E-state index in [2.05, 4.69) is 31.2 Å². The minimum absolute atomic E-state index is 0.0343. The van der Waals surface area contributed by atoms with Crippen molar-refractivity contribution in [2.45, 2.75) is 39.7 Å². The molecule has 4 aromatic rings. The fourth-order valence-electron chi connectivity index (χ4n) is 2.56. The molecule has 0 bridgehead atoms. The van der Waals surface area contributed by atoms with Crippen molar-refractivity contribution in [1.29, 1.82) is 12.0 Å². The first-order chi connectivity index (χ1) is 26.4. The Kier molecular flexibility index (Phi) is 4.70. The lowest BCUT2D eigenvalue weighted by Crippen LogP contribution is -2.07. The normalized spacial score (nSPS) is 17.9. The van der Waals surface area contributed by atoms with Crippen LogP contribution in [0.4, 0.5) is 0 Å². The van der Waals surface area contributed by atoms with Crippen LogP contribution in [0, 0.1) is 22.7 Å². The van der Waals surface area contributed by atoms with E-state index >= 15 is 0 Å². The van der Waals surface area contributed by atoms with E-state index in [9.17, 15) is 10.1 Å². The number of nitrogens with zero attached hydrogens (tertiary/aromatic N) is 4. The average Bonchev–Trinajstić information content (AvgIpc) is 3.59. The molecule has 0 radical (unpaired) electrons. The van der Waals surface area contributed by atoms with E-state index in [0.29, 0.717) is 0 Å². The van der Waals surface area contributed by atoms with Gasteiger partial charge in [-0.05, 0) is 91.8 Å². The SMILES string of the molecule is [2H]OC(=O)c1c([2H])c([2H])c(OC([2H])(C)C)c(C#N)c1[2H].[2H]c1c([2H])c(Br)c(Cl)c(-c2noc(-c3c([2H])c([2H])c(OC([2H])(C([2H])([2H])[2H])C([2H])([2H])[2H])c(C#N)c3[2H])n2)c1[2H]. The van der Waals surface area contributed by atoms with Gasteiger partial charge in [-0.1, -0.05) is 22.8 Å². The summed E-state index contributed by atoms with van der Waals surface area (Å²) in [5.41, 5.74) is -2.81. The minimum Gasteiger partial charge on any atom is -0.490 e. The molecule has 9 nitrogen and oxygen atoms in total. The van der Waals surface area contributed by atoms with E-state index in [-0.39, 0.29) is 26.9 Å². The van der Waals surface area contributed by atoms with Gasteiger partial charge in [0.15, 0.2) is 0 Å². The topological polar surface area (TPSA) is 142 Å². The molecule has 11 heteroatoms. The lowest BCUT2D eigenvalue weighted by Gasteiger charge is -2.11. The summed E-state index contributed by atoms with van der Waals surface area (Å²) in [6.45, 7) is -4.47. The number of aromatic carboxylic acids is 1. The summed E-state index contributed by atoms with van der Waals surface area (Å²) < 4.78 is 154. The summed E-state index contributed by atoms with van der Waals surface area (Å²) in [6.07, 6.45) is -5.14. The van der Waals surface area contributed by atoms with Gasteiger partial charge in [0.1, 0.15) is 23.6 Å². The summed E-state index contributed by atoms with van der Waals surface area (Å²) in [4.78, 5) is 15.3. The van der Waals surface area contributed by atoms with Gasteiger partial charge in [0.2, 0.25) is 5.82 Å². The molecule has 0 fully saturated rings. The maximum absolute atomic E-state index is 11.4. The summed E-state index contributed by atoms with van der Waals surface area (Å²) in [5, 5.41) is 25.8. The molecule has 0 atom stereocenters. The van der Waals surface area contributed by atoms with Crippen LogP contribution in [0.2, 0.25) is 5.02 Å². The Bertz CT molecular complexity index is 2360. The maximum atomic E-state index is 11.4. The van der Waals surface area contributed by atoms with Crippen molar-refractivity contribution in [1.82, 2.24) is 10.1 Å². The Balaban J connectivity index is 0.000000379. The van der Waals surface area contributed by atoms with E-state index in [1.807, 2.05) is 0 Å². The van der Waals surface area contributed by atoms with Gasteiger partial charge in [-0.2, -0.15) is 15.5 Å². The molecule has 3 aromatic carbocycles. The van der Waals surface area contributed by atoms with Crippen LogP contribution in [0.1, 0.15) is 72.3 Å². The summed E-state index contributed by atoms with van der Waals surface area (Å²) in [6, 6.07) is -3.11. The average molecular weight is 642 g/mol. The number of benzene rings is 3. The third kappa shape index (κ3) is 7.60. The van der Waals surface area contributed by atoms with E-state index < -0.39 is 120 Å².